The molecular weight excluding hydrogens is 266 g/mol. The van der Waals surface area contributed by atoms with Gasteiger partial charge in [0.1, 0.15) is 6.04 Å². The summed E-state index contributed by atoms with van der Waals surface area (Å²) in [5, 5.41) is 7.91. The van der Waals surface area contributed by atoms with E-state index in [1.807, 2.05) is 12.3 Å². The van der Waals surface area contributed by atoms with Crippen LogP contribution in [-0.2, 0) is 15.0 Å². The van der Waals surface area contributed by atoms with Gasteiger partial charge in [-0.2, -0.15) is 5.10 Å². The third-order valence-corrected chi connectivity index (χ3v) is 3.92. The van der Waals surface area contributed by atoms with Crippen LogP contribution in [0.4, 0.5) is 0 Å². The van der Waals surface area contributed by atoms with Crippen LogP contribution in [0, 0.1) is 0 Å². The van der Waals surface area contributed by atoms with Gasteiger partial charge in [0.25, 0.3) is 5.91 Å². The molecule has 1 aromatic carbocycles. The number of benzene rings is 1. The predicted octanol–water partition coefficient (Wildman–Crippen LogP) is 2.31. The molecule has 1 unspecified atom stereocenters. The van der Waals surface area contributed by atoms with Crippen LogP contribution in [0.1, 0.15) is 45.2 Å². The van der Waals surface area contributed by atoms with Gasteiger partial charge in [0.15, 0.2) is 0 Å². The Kier molecular flexibility index (Phi) is 3.08. The van der Waals surface area contributed by atoms with Crippen LogP contribution >= 0.6 is 0 Å². The molecule has 0 radical (unpaired) electrons. The quantitative estimate of drug-likeness (QED) is 0.818. The number of hydrogen-bond donors (Lipinski definition) is 1. The molecule has 5 nitrogen and oxygen atoms in total. The molecule has 1 N–H and O–H groups in total. The maximum atomic E-state index is 11.9. The van der Waals surface area contributed by atoms with Crippen molar-refractivity contribution in [2.24, 2.45) is 0 Å². The third-order valence-electron chi connectivity index (χ3n) is 3.92. The van der Waals surface area contributed by atoms with Crippen molar-refractivity contribution in [3.8, 4) is 0 Å². The van der Waals surface area contributed by atoms with Gasteiger partial charge in [-0.05, 0) is 23.5 Å². The van der Waals surface area contributed by atoms with E-state index in [0.29, 0.717) is 12.8 Å². The van der Waals surface area contributed by atoms with Crippen molar-refractivity contribution >= 4 is 22.7 Å². The van der Waals surface area contributed by atoms with Gasteiger partial charge in [-0.25, -0.2) is 0 Å². The highest BCUT2D eigenvalue weighted by Crippen LogP contribution is 2.27. The lowest BCUT2D eigenvalue weighted by atomic mass is 9.87. The number of amides is 2. The number of carbonyl (C=O) groups is 2. The average Bonchev–Trinajstić information content (AvgIpc) is 2.79. The number of nitrogens with zero attached hydrogens (tertiary/aromatic N) is 2. The predicted molar refractivity (Wildman–Crippen MR) is 79.9 cm³/mol. The summed E-state index contributed by atoms with van der Waals surface area (Å²) < 4.78 is 1.68. The van der Waals surface area contributed by atoms with E-state index in [1.165, 1.54) is 5.56 Å². The Hall–Kier alpha value is -2.17. The molecule has 5 heteroatoms. The van der Waals surface area contributed by atoms with Gasteiger partial charge in [0, 0.05) is 18.0 Å². The molecule has 3 rings (SSSR count). The van der Waals surface area contributed by atoms with Crippen molar-refractivity contribution in [3.63, 3.8) is 0 Å². The van der Waals surface area contributed by atoms with Gasteiger partial charge >= 0.3 is 0 Å². The zero-order chi connectivity index (χ0) is 15.2. The Morgan fingerprint density at radius 1 is 1.29 bits per heavy atom. The topological polar surface area (TPSA) is 64.0 Å². The van der Waals surface area contributed by atoms with E-state index in [4.69, 9.17) is 0 Å². The summed E-state index contributed by atoms with van der Waals surface area (Å²) in [5.41, 5.74) is 2.16. The molecule has 0 saturated carbocycles. The van der Waals surface area contributed by atoms with Gasteiger partial charge in [-0.1, -0.05) is 32.9 Å². The summed E-state index contributed by atoms with van der Waals surface area (Å²) in [7, 11) is 0. The van der Waals surface area contributed by atoms with E-state index in [9.17, 15) is 9.59 Å². The smallest absolute Gasteiger partial charge is 0.251 e. The van der Waals surface area contributed by atoms with Crippen LogP contribution < -0.4 is 5.32 Å². The number of rotatable bonds is 1. The van der Waals surface area contributed by atoms with E-state index in [1.54, 1.807) is 4.68 Å². The number of carbonyl (C=O) groups excluding carboxylic acids is 2. The number of imide groups is 1. The molecular formula is C16H19N3O2. The Labute approximate surface area is 123 Å². The maximum Gasteiger partial charge on any atom is 0.251 e. The maximum absolute atomic E-state index is 11.9. The van der Waals surface area contributed by atoms with E-state index in [2.05, 4.69) is 43.3 Å². The largest absolute Gasteiger partial charge is 0.295 e. The van der Waals surface area contributed by atoms with Crippen molar-refractivity contribution in [2.75, 3.05) is 0 Å². The second-order valence-electron chi connectivity index (χ2n) is 6.60. The van der Waals surface area contributed by atoms with E-state index < -0.39 is 6.04 Å². The minimum absolute atomic E-state index is 0.0621. The Morgan fingerprint density at radius 3 is 2.71 bits per heavy atom. The molecule has 21 heavy (non-hydrogen) atoms. The minimum Gasteiger partial charge on any atom is -0.295 e. The van der Waals surface area contributed by atoms with Crippen LogP contribution in [0.2, 0.25) is 0 Å². The van der Waals surface area contributed by atoms with Gasteiger partial charge < -0.3 is 0 Å². The third kappa shape index (κ3) is 2.55. The highest BCUT2D eigenvalue weighted by atomic mass is 16.2. The first-order valence-corrected chi connectivity index (χ1v) is 7.18. The number of nitrogens with one attached hydrogen (secondary N) is 1. The van der Waals surface area contributed by atoms with E-state index in [0.717, 1.165) is 10.9 Å². The molecule has 2 amide bonds. The molecule has 1 aliphatic rings. The average molecular weight is 285 g/mol. The SMILES string of the molecule is CC(C)(C)c1ccc2cn(C3CCC(=O)NC3=O)nc2c1. The van der Waals surface area contributed by atoms with Gasteiger partial charge in [0.2, 0.25) is 5.91 Å². The first-order chi connectivity index (χ1) is 9.84. The number of hydrogen-bond acceptors (Lipinski definition) is 3. The fourth-order valence-corrected chi connectivity index (χ4v) is 2.60. The summed E-state index contributed by atoms with van der Waals surface area (Å²) in [6, 6.07) is 5.80. The number of piperidine rings is 1. The van der Waals surface area contributed by atoms with Crippen LogP contribution in [-0.4, -0.2) is 21.6 Å². The molecule has 1 saturated heterocycles. The fraction of sp³-hybridized carbons (Fsp3) is 0.438. The summed E-state index contributed by atoms with van der Waals surface area (Å²) >= 11 is 0. The second-order valence-corrected chi connectivity index (χ2v) is 6.60. The van der Waals surface area contributed by atoms with Crippen LogP contribution in [0.5, 0.6) is 0 Å². The molecule has 0 bridgehead atoms. The lowest BCUT2D eigenvalue weighted by Crippen LogP contribution is -2.41. The van der Waals surface area contributed by atoms with Crippen molar-refractivity contribution in [1.29, 1.82) is 0 Å². The lowest BCUT2D eigenvalue weighted by molar-refractivity contribution is -0.135. The molecule has 2 heterocycles. The molecule has 1 fully saturated rings. The lowest BCUT2D eigenvalue weighted by Gasteiger charge is -2.20. The summed E-state index contributed by atoms with van der Waals surface area (Å²) in [5.74, 6) is -0.474. The van der Waals surface area contributed by atoms with Gasteiger partial charge in [-0.15, -0.1) is 0 Å². The standard InChI is InChI=1S/C16H19N3O2/c1-16(2,3)11-5-4-10-9-19(18-12(10)8-11)13-6-7-14(20)17-15(13)21/h4-5,8-9,13H,6-7H2,1-3H3,(H,17,20,21). The van der Waals surface area contributed by atoms with Crippen LogP contribution in [0.25, 0.3) is 10.9 Å². The van der Waals surface area contributed by atoms with Gasteiger partial charge in [-0.3, -0.25) is 19.6 Å². The summed E-state index contributed by atoms with van der Waals surface area (Å²) in [6.45, 7) is 6.47. The van der Waals surface area contributed by atoms with Crippen molar-refractivity contribution in [3.05, 3.63) is 30.0 Å². The van der Waals surface area contributed by atoms with Crippen molar-refractivity contribution in [1.82, 2.24) is 15.1 Å². The van der Waals surface area contributed by atoms with Crippen LogP contribution in [0.3, 0.4) is 0 Å². The summed E-state index contributed by atoms with van der Waals surface area (Å²) in [6.07, 6.45) is 2.74. The van der Waals surface area contributed by atoms with E-state index in [-0.39, 0.29) is 17.2 Å². The Balaban J connectivity index is 1.98. The zero-order valence-corrected chi connectivity index (χ0v) is 12.5. The summed E-state index contributed by atoms with van der Waals surface area (Å²) in [4.78, 5) is 23.1. The molecule has 1 aromatic heterocycles. The highest BCUT2D eigenvalue weighted by Gasteiger charge is 2.28. The van der Waals surface area contributed by atoms with Gasteiger partial charge in [0.05, 0.1) is 5.52 Å². The number of aromatic nitrogens is 2. The molecule has 0 aliphatic carbocycles. The molecule has 0 spiro atoms. The normalized spacial score (nSPS) is 19.9. The van der Waals surface area contributed by atoms with Crippen molar-refractivity contribution < 1.29 is 9.59 Å². The minimum atomic E-state index is -0.395. The van der Waals surface area contributed by atoms with Crippen LogP contribution in [0.15, 0.2) is 24.4 Å². The monoisotopic (exact) mass is 285 g/mol. The first-order valence-electron chi connectivity index (χ1n) is 7.18. The first kappa shape index (κ1) is 13.8. The molecule has 1 aliphatic heterocycles. The molecule has 1 atom stereocenters. The van der Waals surface area contributed by atoms with Crippen molar-refractivity contribution in [2.45, 2.75) is 45.1 Å². The Morgan fingerprint density at radius 2 is 2.05 bits per heavy atom. The molecule has 110 valence electrons. The fourth-order valence-electron chi connectivity index (χ4n) is 2.60. The number of fused-ring (bicyclic) bond motifs is 1. The van der Waals surface area contributed by atoms with E-state index >= 15 is 0 Å². The Bertz CT molecular complexity index is 725. The molecule has 2 aromatic rings. The second kappa shape index (κ2) is 4.69. The zero-order valence-electron chi connectivity index (χ0n) is 12.5. The highest BCUT2D eigenvalue weighted by molar-refractivity contribution is 5.99.